The first-order valence-electron chi connectivity index (χ1n) is 10.4. The topological polar surface area (TPSA) is 135 Å². The Labute approximate surface area is 189 Å². The summed E-state index contributed by atoms with van der Waals surface area (Å²) < 4.78 is 13.0. The quantitative estimate of drug-likeness (QED) is 0.367. The number of rotatable bonds is 8. The number of nitrogens with zero attached hydrogens (tertiary/aromatic N) is 4. The minimum atomic E-state index is -1.27. The molecule has 0 bridgehead atoms. The number of fused-ring (bicyclic) bond motifs is 1. The number of para-hydroxylation sites is 1. The number of aliphatic hydroxyl groups excluding tert-OH is 3. The van der Waals surface area contributed by atoms with Crippen LogP contribution in [-0.4, -0.2) is 72.4 Å². The van der Waals surface area contributed by atoms with E-state index in [9.17, 15) is 15.3 Å². The number of anilines is 1. The Bertz CT molecular complexity index is 1050. The van der Waals surface area contributed by atoms with Crippen molar-refractivity contribution in [1.82, 2.24) is 19.5 Å². The van der Waals surface area contributed by atoms with Gasteiger partial charge >= 0.3 is 0 Å². The lowest BCUT2D eigenvalue weighted by Crippen LogP contribution is -2.33. The lowest BCUT2D eigenvalue weighted by atomic mass is 10.1. The molecule has 10 nitrogen and oxygen atoms in total. The Morgan fingerprint density at radius 2 is 1.94 bits per heavy atom. The van der Waals surface area contributed by atoms with Crippen molar-refractivity contribution >= 4 is 28.6 Å². The number of ether oxygens (including phenoxy) is 2. The largest absolute Gasteiger partial charge is 0.491 e. The predicted octanol–water partition coefficient (Wildman–Crippen LogP) is 1.61. The molecule has 2 aromatic heterocycles. The third kappa shape index (κ3) is 4.50. The number of hydrogen-bond donors (Lipinski definition) is 4. The van der Waals surface area contributed by atoms with Gasteiger partial charge in [-0.1, -0.05) is 32.0 Å². The molecule has 1 fully saturated rings. The Hall–Kier alpha value is -2.50. The van der Waals surface area contributed by atoms with E-state index in [-0.39, 0.29) is 17.2 Å². The third-order valence-corrected chi connectivity index (χ3v) is 5.65. The average molecular weight is 464 g/mol. The van der Waals surface area contributed by atoms with Crippen LogP contribution in [0.25, 0.3) is 11.2 Å². The zero-order valence-corrected chi connectivity index (χ0v) is 18.4. The zero-order valence-electron chi connectivity index (χ0n) is 17.7. The van der Waals surface area contributed by atoms with Crippen LogP contribution >= 0.6 is 11.6 Å². The van der Waals surface area contributed by atoms with Crippen LogP contribution in [0.4, 0.5) is 5.82 Å². The molecular weight excluding hydrogens is 438 g/mol. The Morgan fingerprint density at radius 1 is 1.19 bits per heavy atom. The molecule has 172 valence electrons. The smallest absolute Gasteiger partial charge is 0.226 e. The number of benzene rings is 1. The van der Waals surface area contributed by atoms with Gasteiger partial charge in [-0.15, -0.1) is 0 Å². The summed E-state index contributed by atoms with van der Waals surface area (Å²) in [6.07, 6.45) is -2.96. The summed E-state index contributed by atoms with van der Waals surface area (Å²) in [6.45, 7) is 4.08. The van der Waals surface area contributed by atoms with Crippen molar-refractivity contribution in [2.24, 2.45) is 5.92 Å². The Kier molecular flexibility index (Phi) is 6.77. The highest BCUT2D eigenvalue weighted by Gasteiger charge is 2.44. The van der Waals surface area contributed by atoms with Gasteiger partial charge in [-0.05, 0) is 29.7 Å². The summed E-state index contributed by atoms with van der Waals surface area (Å²) in [5, 5.41) is 33.2. The highest BCUT2D eigenvalue weighted by molar-refractivity contribution is 6.28. The summed E-state index contributed by atoms with van der Waals surface area (Å²) >= 11 is 6.19. The molecule has 32 heavy (non-hydrogen) atoms. The summed E-state index contributed by atoms with van der Waals surface area (Å²) in [5.41, 5.74) is 0.756. The van der Waals surface area contributed by atoms with Gasteiger partial charge in [0.25, 0.3) is 0 Å². The summed E-state index contributed by atoms with van der Waals surface area (Å²) in [4.78, 5) is 12.9. The molecule has 0 spiro atoms. The van der Waals surface area contributed by atoms with E-state index in [1.54, 1.807) is 0 Å². The molecule has 4 N–H and O–H groups in total. The number of halogens is 1. The normalized spacial score (nSPS) is 24.2. The van der Waals surface area contributed by atoms with Crippen LogP contribution in [0.15, 0.2) is 36.7 Å². The first-order chi connectivity index (χ1) is 15.4. The van der Waals surface area contributed by atoms with Gasteiger partial charge in [0.1, 0.15) is 30.7 Å². The van der Waals surface area contributed by atoms with E-state index in [0.29, 0.717) is 23.6 Å². The van der Waals surface area contributed by atoms with Crippen molar-refractivity contribution < 1.29 is 24.8 Å². The van der Waals surface area contributed by atoms with Crippen LogP contribution in [-0.2, 0) is 4.74 Å². The zero-order chi connectivity index (χ0) is 22.8. The van der Waals surface area contributed by atoms with Crippen LogP contribution in [0.3, 0.4) is 0 Å². The standard InChI is InChI=1S/C21H26ClN5O5/c1-11(2)13(9-31-12-6-4-3-5-7-12)24-18-15-19(26-21(22)25-18)27(10-23-15)20-17(30)16(29)14(8-28)32-20/h3-7,10-11,13-14,16-17,20,28-30H,8-9H2,1-2H3,(H,24,25,26)/t13-,14+,16+,17+,20+/m0/s1. The monoisotopic (exact) mass is 463 g/mol. The van der Waals surface area contributed by atoms with Gasteiger partial charge in [0.05, 0.1) is 19.0 Å². The Morgan fingerprint density at radius 3 is 2.59 bits per heavy atom. The molecule has 5 atom stereocenters. The van der Waals surface area contributed by atoms with Gasteiger partial charge < -0.3 is 30.1 Å². The van der Waals surface area contributed by atoms with Crippen molar-refractivity contribution in [2.45, 2.75) is 44.4 Å². The minimum absolute atomic E-state index is 0.0139. The van der Waals surface area contributed by atoms with Gasteiger partial charge in [-0.3, -0.25) is 4.57 Å². The van der Waals surface area contributed by atoms with E-state index in [1.165, 1.54) is 10.9 Å². The molecule has 0 saturated carbocycles. The highest BCUT2D eigenvalue weighted by Crippen LogP contribution is 2.33. The highest BCUT2D eigenvalue weighted by atomic mass is 35.5. The van der Waals surface area contributed by atoms with Crippen molar-refractivity contribution in [3.63, 3.8) is 0 Å². The van der Waals surface area contributed by atoms with Crippen molar-refractivity contribution in [1.29, 1.82) is 0 Å². The number of hydrogen-bond acceptors (Lipinski definition) is 9. The molecule has 0 aliphatic carbocycles. The molecule has 3 heterocycles. The fraction of sp³-hybridized carbons (Fsp3) is 0.476. The molecule has 4 rings (SSSR count). The summed E-state index contributed by atoms with van der Waals surface area (Å²) in [7, 11) is 0. The fourth-order valence-electron chi connectivity index (χ4n) is 3.57. The second kappa shape index (κ2) is 9.55. The predicted molar refractivity (Wildman–Crippen MR) is 118 cm³/mol. The molecule has 1 saturated heterocycles. The van der Waals surface area contributed by atoms with Crippen LogP contribution in [0.5, 0.6) is 5.75 Å². The summed E-state index contributed by atoms with van der Waals surface area (Å²) in [5.74, 6) is 1.38. The first-order valence-corrected chi connectivity index (χ1v) is 10.7. The second-order valence-corrected chi connectivity index (χ2v) is 8.35. The minimum Gasteiger partial charge on any atom is -0.491 e. The third-order valence-electron chi connectivity index (χ3n) is 5.49. The van der Waals surface area contributed by atoms with Crippen LogP contribution in [0.1, 0.15) is 20.1 Å². The van der Waals surface area contributed by atoms with Gasteiger partial charge in [-0.25, -0.2) is 4.98 Å². The van der Waals surface area contributed by atoms with E-state index in [2.05, 4.69) is 34.1 Å². The van der Waals surface area contributed by atoms with E-state index in [1.807, 2.05) is 30.3 Å². The molecule has 0 amide bonds. The summed E-state index contributed by atoms with van der Waals surface area (Å²) in [6, 6.07) is 9.41. The number of aromatic nitrogens is 4. The van der Waals surface area contributed by atoms with Crippen molar-refractivity contribution in [2.75, 3.05) is 18.5 Å². The Balaban J connectivity index is 1.60. The van der Waals surface area contributed by atoms with Crippen molar-refractivity contribution in [3.8, 4) is 5.75 Å². The van der Waals surface area contributed by atoms with Gasteiger partial charge in [0.15, 0.2) is 23.2 Å². The number of imidazole rings is 1. The maximum absolute atomic E-state index is 10.4. The average Bonchev–Trinajstić information content (AvgIpc) is 3.32. The molecule has 0 radical (unpaired) electrons. The van der Waals surface area contributed by atoms with Crippen LogP contribution < -0.4 is 10.1 Å². The lowest BCUT2D eigenvalue weighted by Gasteiger charge is -2.23. The molecule has 1 aliphatic rings. The maximum Gasteiger partial charge on any atom is 0.226 e. The molecule has 11 heteroatoms. The number of aliphatic hydroxyl groups is 3. The molecule has 1 aromatic carbocycles. The van der Waals surface area contributed by atoms with Crippen molar-refractivity contribution in [3.05, 3.63) is 41.9 Å². The van der Waals surface area contributed by atoms with Crippen LogP contribution in [0, 0.1) is 5.92 Å². The number of nitrogens with one attached hydrogen (secondary N) is 1. The molecule has 3 aromatic rings. The first kappa shape index (κ1) is 22.7. The SMILES string of the molecule is CC(C)[C@H](COc1ccccc1)Nc1nc(Cl)nc2c1ncn2[C@@H]1O[C@H](CO)[C@@H](O)[C@H]1O. The van der Waals surface area contributed by atoms with E-state index >= 15 is 0 Å². The van der Waals surface area contributed by atoms with E-state index in [0.717, 1.165) is 5.75 Å². The second-order valence-electron chi connectivity index (χ2n) is 8.01. The molecule has 0 unspecified atom stereocenters. The van der Waals surface area contributed by atoms with Gasteiger partial charge in [0.2, 0.25) is 5.28 Å². The molecular formula is C21H26ClN5O5. The fourth-order valence-corrected chi connectivity index (χ4v) is 3.73. The van der Waals surface area contributed by atoms with Gasteiger partial charge in [-0.2, -0.15) is 9.97 Å². The molecule has 1 aliphatic heterocycles. The van der Waals surface area contributed by atoms with E-state index in [4.69, 9.17) is 21.1 Å². The van der Waals surface area contributed by atoms with Crippen LogP contribution in [0.2, 0.25) is 5.28 Å². The lowest BCUT2D eigenvalue weighted by molar-refractivity contribution is -0.0511. The maximum atomic E-state index is 10.4. The van der Waals surface area contributed by atoms with Gasteiger partial charge in [0, 0.05) is 0 Å². The van der Waals surface area contributed by atoms with E-state index < -0.39 is 31.1 Å².